The molecule has 0 aromatic carbocycles. The quantitative estimate of drug-likeness (QED) is 0.683. The van der Waals surface area contributed by atoms with Crippen molar-refractivity contribution in [2.24, 2.45) is 11.5 Å². The van der Waals surface area contributed by atoms with Crippen molar-refractivity contribution >= 4 is 0 Å². The largest absolute Gasteiger partial charge is 0.400 e. The number of hydrogen-bond donors (Lipinski definition) is 2. The van der Waals surface area contributed by atoms with Gasteiger partial charge in [-0.25, -0.2) is 0 Å². The van der Waals surface area contributed by atoms with E-state index in [1.807, 2.05) is 0 Å². The fourth-order valence-electron chi connectivity index (χ4n) is 1.95. The maximum absolute atomic E-state index is 6.23. The van der Waals surface area contributed by atoms with Crippen molar-refractivity contribution in [3.63, 3.8) is 0 Å². The first kappa shape index (κ1) is 10.3. The second kappa shape index (κ2) is 3.54. The summed E-state index contributed by atoms with van der Waals surface area (Å²) in [5, 5.41) is 0. The van der Waals surface area contributed by atoms with Gasteiger partial charge in [-0.1, -0.05) is 25.5 Å². The van der Waals surface area contributed by atoms with Gasteiger partial charge in [-0.3, -0.25) is 0 Å². The summed E-state index contributed by atoms with van der Waals surface area (Å²) in [4.78, 5) is 0. The fraction of sp³-hybridized carbons (Fsp3) is 0.636. The van der Waals surface area contributed by atoms with Gasteiger partial charge in [-0.05, 0) is 31.8 Å². The van der Waals surface area contributed by atoms with Crippen LogP contribution in [0.25, 0.3) is 0 Å². The van der Waals surface area contributed by atoms with E-state index in [1.54, 1.807) is 0 Å². The molecule has 0 saturated heterocycles. The van der Waals surface area contributed by atoms with Gasteiger partial charge in [0.2, 0.25) is 0 Å². The van der Waals surface area contributed by atoms with Crippen LogP contribution in [-0.4, -0.2) is 5.54 Å². The van der Waals surface area contributed by atoms with Crippen LogP contribution in [0.4, 0.5) is 0 Å². The summed E-state index contributed by atoms with van der Waals surface area (Å²) in [6, 6.07) is 0. The highest BCUT2D eigenvalue weighted by atomic mass is 14.8. The zero-order chi connectivity index (χ0) is 10.1. The summed E-state index contributed by atoms with van der Waals surface area (Å²) in [5.41, 5.74) is 15.4. The molecule has 0 amide bonds. The number of rotatable bonds is 2. The predicted octanol–water partition coefficient (Wildman–Crippen LogP) is 2.07. The zero-order valence-electron chi connectivity index (χ0n) is 8.85. The van der Waals surface area contributed by atoms with E-state index in [4.69, 9.17) is 11.5 Å². The van der Waals surface area contributed by atoms with Crippen LogP contribution in [0.15, 0.2) is 22.9 Å². The first-order valence-corrected chi connectivity index (χ1v) is 4.98. The van der Waals surface area contributed by atoms with Gasteiger partial charge in [0.05, 0.1) is 5.54 Å². The van der Waals surface area contributed by atoms with Crippen LogP contribution in [0.5, 0.6) is 0 Å². The zero-order valence-corrected chi connectivity index (χ0v) is 8.85. The highest BCUT2D eigenvalue weighted by molar-refractivity contribution is 5.39. The lowest BCUT2D eigenvalue weighted by molar-refractivity contribution is 0.459. The third-order valence-corrected chi connectivity index (χ3v) is 2.91. The van der Waals surface area contributed by atoms with Crippen molar-refractivity contribution < 1.29 is 0 Å². The molecule has 74 valence electrons. The van der Waals surface area contributed by atoms with E-state index in [0.29, 0.717) is 0 Å². The van der Waals surface area contributed by atoms with Gasteiger partial charge in [0.15, 0.2) is 0 Å². The van der Waals surface area contributed by atoms with Gasteiger partial charge in [-0.15, -0.1) is 0 Å². The molecular formula is C11H20N2. The highest BCUT2D eigenvalue weighted by Crippen LogP contribution is 2.31. The van der Waals surface area contributed by atoms with Crippen molar-refractivity contribution in [1.29, 1.82) is 0 Å². The molecule has 0 aliphatic heterocycles. The molecular weight excluding hydrogens is 160 g/mol. The molecule has 2 nitrogen and oxygen atoms in total. The van der Waals surface area contributed by atoms with E-state index in [0.717, 1.165) is 25.0 Å². The van der Waals surface area contributed by atoms with Crippen molar-refractivity contribution in [2.45, 2.75) is 45.6 Å². The Balaban J connectivity index is 3.09. The topological polar surface area (TPSA) is 52.0 Å². The first-order valence-electron chi connectivity index (χ1n) is 4.98. The molecule has 0 aromatic rings. The van der Waals surface area contributed by atoms with Crippen LogP contribution >= 0.6 is 0 Å². The molecule has 0 spiro atoms. The van der Waals surface area contributed by atoms with Gasteiger partial charge < -0.3 is 11.5 Å². The minimum absolute atomic E-state index is 0.288. The maximum atomic E-state index is 6.23. The van der Waals surface area contributed by atoms with Gasteiger partial charge in [0.1, 0.15) is 0 Å². The lowest BCUT2D eigenvalue weighted by atomic mass is 9.79. The van der Waals surface area contributed by atoms with Crippen LogP contribution in [0.2, 0.25) is 0 Å². The molecule has 1 aliphatic rings. The minimum atomic E-state index is -0.288. The van der Waals surface area contributed by atoms with E-state index in [1.165, 1.54) is 11.1 Å². The Morgan fingerprint density at radius 3 is 2.54 bits per heavy atom. The molecule has 0 aromatic heterocycles. The summed E-state index contributed by atoms with van der Waals surface area (Å²) in [6.07, 6.45) is 4.96. The molecule has 2 heteroatoms. The van der Waals surface area contributed by atoms with Crippen LogP contribution in [0, 0.1) is 0 Å². The molecule has 1 rings (SSSR count). The fourth-order valence-corrected chi connectivity index (χ4v) is 1.95. The van der Waals surface area contributed by atoms with Gasteiger partial charge in [0, 0.05) is 5.70 Å². The number of allylic oxidation sites excluding steroid dienone is 2. The van der Waals surface area contributed by atoms with E-state index < -0.39 is 0 Å². The average Bonchev–Trinajstić information content (AvgIpc) is 2.11. The van der Waals surface area contributed by atoms with Gasteiger partial charge >= 0.3 is 0 Å². The Morgan fingerprint density at radius 1 is 1.46 bits per heavy atom. The highest BCUT2D eigenvalue weighted by Gasteiger charge is 2.30. The second-order valence-corrected chi connectivity index (χ2v) is 3.97. The van der Waals surface area contributed by atoms with Gasteiger partial charge in [0.25, 0.3) is 0 Å². The van der Waals surface area contributed by atoms with Gasteiger partial charge in [-0.2, -0.15) is 0 Å². The van der Waals surface area contributed by atoms with E-state index >= 15 is 0 Å². The van der Waals surface area contributed by atoms with Crippen molar-refractivity contribution in [3.05, 3.63) is 22.9 Å². The average molecular weight is 180 g/mol. The van der Waals surface area contributed by atoms with Crippen LogP contribution in [0.1, 0.15) is 40.0 Å². The Hall–Kier alpha value is -0.760. The number of hydrogen-bond acceptors (Lipinski definition) is 2. The molecule has 0 heterocycles. The molecule has 0 saturated carbocycles. The standard InChI is InChI=1S/C11H20N2/c1-4-9-6-8(3)7-11(13,5-2)10(9)12/h6H,4-5,7,12-13H2,1-3H3. The second-order valence-electron chi connectivity index (χ2n) is 3.97. The molecule has 4 N–H and O–H groups in total. The summed E-state index contributed by atoms with van der Waals surface area (Å²) >= 11 is 0. The predicted molar refractivity (Wildman–Crippen MR) is 57.1 cm³/mol. The van der Waals surface area contributed by atoms with Crippen LogP contribution in [-0.2, 0) is 0 Å². The Kier molecular flexibility index (Phi) is 2.81. The molecule has 0 radical (unpaired) electrons. The lowest BCUT2D eigenvalue weighted by Gasteiger charge is -2.34. The van der Waals surface area contributed by atoms with Crippen LogP contribution in [0.3, 0.4) is 0 Å². The lowest BCUT2D eigenvalue weighted by Crippen LogP contribution is -2.46. The van der Waals surface area contributed by atoms with Crippen LogP contribution < -0.4 is 11.5 Å². The van der Waals surface area contributed by atoms with Crippen molar-refractivity contribution in [3.8, 4) is 0 Å². The first-order chi connectivity index (χ1) is 6.03. The summed E-state index contributed by atoms with van der Waals surface area (Å²) < 4.78 is 0. The molecule has 1 atom stereocenters. The molecule has 0 bridgehead atoms. The molecule has 1 unspecified atom stereocenters. The summed E-state index contributed by atoms with van der Waals surface area (Å²) in [6.45, 7) is 6.34. The SMILES string of the molecule is CCC1=C(N)C(N)(CC)CC(C)=C1. The smallest absolute Gasteiger partial charge is 0.0593 e. The molecule has 1 aliphatic carbocycles. The Bertz CT molecular complexity index is 263. The molecule has 0 fully saturated rings. The maximum Gasteiger partial charge on any atom is 0.0593 e. The Labute approximate surface area is 80.7 Å². The third-order valence-electron chi connectivity index (χ3n) is 2.91. The van der Waals surface area contributed by atoms with Crippen molar-refractivity contribution in [1.82, 2.24) is 0 Å². The van der Waals surface area contributed by atoms with E-state index in [2.05, 4.69) is 26.8 Å². The third kappa shape index (κ3) is 1.78. The number of nitrogens with two attached hydrogens (primary N) is 2. The monoisotopic (exact) mass is 180 g/mol. The van der Waals surface area contributed by atoms with E-state index in [-0.39, 0.29) is 5.54 Å². The molecule has 13 heavy (non-hydrogen) atoms. The summed E-state index contributed by atoms with van der Waals surface area (Å²) in [7, 11) is 0. The Morgan fingerprint density at radius 2 is 2.08 bits per heavy atom. The van der Waals surface area contributed by atoms with E-state index in [9.17, 15) is 0 Å². The van der Waals surface area contributed by atoms with Crippen molar-refractivity contribution in [2.75, 3.05) is 0 Å². The summed E-state index contributed by atoms with van der Waals surface area (Å²) in [5.74, 6) is 0. The normalized spacial score (nSPS) is 29.1. The minimum Gasteiger partial charge on any atom is -0.400 e.